The van der Waals surface area contributed by atoms with Crippen LogP contribution in [0, 0.1) is 13.8 Å². The predicted molar refractivity (Wildman–Crippen MR) is 154 cm³/mol. The molecule has 39 heavy (non-hydrogen) atoms. The minimum Gasteiger partial charge on any atom is -0.456 e. The number of nitrogens with one attached hydrogen (secondary N) is 2. The normalized spacial score (nSPS) is 16.5. The molecule has 7 rings (SSSR count). The summed E-state index contributed by atoms with van der Waals surface area (Å²) in [5.74, 6) is 0.954. The number of hydrogen-bond donors (Lipinski definition) is 2. The molecule has 0 radical (unpaired) electrons. The summed E-state index contributed by atoms with van der Waals surface area (Å²) in [6, 6.07) is 35.8. The van der Waals surface area contributed by atoms with Gasteiger partial charge >= 0.3 is 5.97 Å². The molecule has 0 saturated heterocycles. The Labute approximate surface area is 227 Å². The first-order chi connectivity index (χ1) is 19.0. The van der Waals surface area contributed by atoms with Crippen LogP contribution in [-0.2, 0) is 10.3 Å². The maximum Gasteiger partial charge on any atom is 0.340 e. The molecule has 1 atom stereocenters. The van der Waals surface area contributed by atoms with E-state index >= 15 is 0 Å². The van der Waals surface area contributed by atoms with Gasteiger partial charge in [0.15, 0.2) is 5.60 Å². The Morgan fingerprint density at radius 2 is 1.36 bits per heavy atom. The Bertz CT molecular complexity index is 1750. The Balaban J connectivity index is 1.47. The van der Waals surface area contributed by atoms with E-state index in [0.29, 0.717) is 17.1 Å². The zero-order valence-corrected chi connectivity index (χ0v) is 21.6. The maximum absolute atomic E-state index is 13.4. The van der Waals surface area contributed by atoms with Gasteiger partial charge in [0.25, 0.3) is 0 Å². The number of aryl methyl sites for hydroxylation is 2. The number of ether oxygens (including phenoxy) is 2. The number of carbonyl (C=O) groups is 1. The fourth-order valence-corrected chi connectivity index (χ4v) is 5.58. The van der Waals surface area contributed by atoms with Gasteiger partial charge in [0.05, 0.1) is 16.8 Å². The second kappa shape index (κ2) is 8.77. The standard InChI is InChI=1S/C34H26N2O3/c1-21-15-17-24(18-16-21)35-28-13-8-14-30-32(28)34(26-12-7-6-11-25(26)33(37)39-34)27-20-29(22(2)19-31(27)38-30)36-23-9-4-3-5-10-23/h3-20,35-36H,1-2H3. The highest BCUT2D eigenvalue weighted by Crippen LogP contribution is 2.59. The number of rotatable bonds is 4. The van der Waals surface area contributed by atoms with Crippen molar-refractivity contribution in [3.63, 3.8) is 0 Å². The molecular weight excluding hydrogens is 484 g/mol. The lowest BCUT2D eigenvalue weighted by atomic mass is 9.76. The van der Waals surface area contributed by atoms with Crippen LogP contribution < -0.4 is 15.4 Å². The Hall–Kier alpha value is -5.03. The van der Waals surface area contributed by atoms with E-state index in [2.05, 4.69) is 35.8 Å². The molecule has 0 bridgehead atoms. The minimum absolute atomic E-state index is 0.354. The van der Waals surface area contributed by atoms with E-state index in [0.717, 1.165) is 45.0 Å². The van der Waals surface area contributed by atoms with Crippen LogP contribution in [0.25, 0.3) is 0 Å². The molecule has 2 aliphatic rings. The molecule has 5 aromatic carbocycles. The summed E-state index contributed by atoms with van der Waals surface area (Å²) < 4.78 is 13.0. The van der Waals surface area contributed by atoms with E-state index in [1.807, 2.05) is 97.9 Å². The van der Waals surface area contributed by atoms with E-state index in [-0.39, 0.29) is 5.97 Å². The maximum atomic E-state index is 13.4. The van der Waals surface area contributed by atoms with Gasteiger partial charge in [0, 0.05) is 28.2 Å². The molecule has 190 valence electrons. The molecular formula is C34H26N2O3. The SMILES string of the molecule is Cc1ccc(Nc2cccc3c2C2(OC(=O)c4ccccc42)c2cc(Nc4ccccc4)c(C)cc2O3)cc1. The van der Waals surface area contributed by atoms with Crippen LogP contribution in [0.2, 0.25) is 0 Å². The van der Waals surface area contributed by atoms with Crippen molar-refractivity contribution in [3.05, 3.63) is 143 Å². The molecule has 0 amide bonds. The van der Waals surface area contributed by atoms with E-state index in [1.54, 1.807) is 0 Å². The summed E-state index contributed by atoms with van der Waals surface area (Å²) in [5, 5.41) is 7.10. The fraction of sp³-hybridized carbons (Fsp3) is 0.0882. The van der Waals surface area contributed by atoms with Gasteiger partial charge < -0.3 is 20.1 Å². The summed E-state index contributed by atoms with van der Waals surface area (Å²) in [5.41, 5.74) is 7.53. The fourth-order valence-electron chi connectivity index (χ4n) is 5.58. The lowest BCUT2D eigenvalue weighted by molar-refractivity contribution is 0.0227. The Kier molecular flexibility index (Phi) is 5.20. The van der Waals surface area contributed by atoms with Crippen LogP contribution in [0.3, 0.4) is 0 Å². The molecule has 1 spiro atoms. The molecule has 2 aliphatic heterocycles. The molecule has 5 heteroatoms. The summed E-state index contributed by atoms with van der Waals surface area (Å²) >= 11 is 0. The third-order valence-corrected chi connectivity index (χ3v) is 7.46. The highest BCUT2D eigenvalue weighted by molar-refractivity contribution is 5.98. The predicted octanol–water partition coefficient (Wildman–Crippen LogP) is 8.36. The van der Waals surface area contributed by atoms with E-state index in [9.17, 15) is 4.79 Å². The van der Waals surface area contributed by atoms with Crippen molar-refractivity contribution in [2.45, 2.75) is 19.4 Å². The molecule has 0 aromatic heterocycles. The van der Waals surface area contributed by atoms with Crippen molar-refractivity contribution in [3.8, 4) is 11.5 Å². The molecule has 0 saturated carbocycles. The van der Waals surface area contributed by atoms with Gasteiger partial charge in [-0.3, -0.25) is 0 Å². The molecule has 5 aromatic rings. The number of para-hydroxylation sites is 1. The Morgan fingerprint density at radius 1 is 0.641 bits per heavy atom. The first kappa shape index (κ1) is 23.1. The number of esters is 1. The first-order valence-electron chi connectivity index (χ1n) is 13.0. The van der Waals surface area contributed by atoms with Gasteiger partial charge in [-0.15, -0.1) is 0 Å². The topological polar surface area (TPSA) is 59.6 Å². The summed E-state index contributed by atoms with van der Waals surface area (Å²) in [7, 11) is 0. The van der Waals surface area contributed by atoms with E-state index < -0.39 is 5.60 Å². The van der Waals surface area contributed by atoms with Gasteiger partial charge in [0.2, 0.25) is 0 Å². The van der Waals surface area contributed by atoms with Crippen molar-refractivity contribution >= 4 is 28.7 Å². The number of fused-ring (bicyclic) bond motifs is 6. The third-order valence-electron chi connectivity index (χ3n) is 7.46. The van der Waals surface area contributed by atoms with Crippen LogP contribution in [0.4, 0.5) is 22.7 Å². The molecule has 5 nitrogen and oxygen atoms in total. The number of hydrogen-bond acceptors (Lipinski definition) is 5. The average molecular weight is 511 g/mol. The molecule has 0 aliphatic carbocycles. The van der Waals surface area contributed by atoms with Crippen LogP contribution >= 0.6 is 0 Å². The largest absolute Gasteiger partial charge is 0.456 e. The lowest BCUT2D eigenvalue weighted by Crippen LogP contribution is -2.34. The number of benzene rings is 5. The highest BCUT2D eigenvalue weighted by atomic mass is 16.6. The van der Waals surface area contributed by atoms with Crippen molar-refractivity contribution in [1.29, 1.82) is 0 Å². The second-order valence-corrected chi connectivity index (χ2v) is 10.0. The highest BCUT2D eigenvalue weighted by Gasteiger charge is 2.54. The lowest BCUT2D eigenvalue weighted by Gasteiger charge is -2.38. The van der Waals surface area contributed by atoms with Crippen LogP contribution in [0.1, 0.15) is 38.2 Å². The monoisotopic (exact) mass is 510 g/mol. The molecule has 1 unspecified atom stereocenters. The van der Waals surface area contributed by atoms with Crippen LogP contribution in [-0.4, -0.2) is 5.97 Å². The zero-order valence-electron chi connectivity index (χ0n) is 21.6. The van der Waals surface area contributed by atoms with Gasteiger partial charge in [-0.2, -0.15) is 0 Å². The summed E-state index contributed by atoms with van der Waals surface area (Å²) in [4.78, 5) is 13.4. The van der Waals surface area contributed by atoms with Gasteiger partial charge in [-0.25, -0.2) is 4.79 Å². The van der Waals surface area contributed by atoms with Gasteiger partial charge in [-0.1, -0.05) is 60.2 Å². The van der Waals surface area contributed by atoms with Gasteiger partial charge in [-0.05, 0) is 74.0 Å². The number of carbonyl (C=O) groups excluding carboxylic acids is 1. The molecule has 2 heterocycles. The smallest absolute Gasteiger partial charge is 0.340 e. The van der Waals surface area contributed by atoms with Crippen molar-refractivity contribution in [2.24, 2.45) is 0 Å². The Morgan fingerprint density at radius 3 is 2.18 bits per heavy atom. The minimum atomic E-state index is -1.19. The second-order valence-electron chi connectivity index (χ2n) is 10.0. The molecule has 2 N–H and O–H groups in total. The summed E-state index contributed by atoms with van der Waals surface area (Å²) in [6.45, 7) is 4.10. The van der Waals surface area contributed by atoms with Crippen LogP contribution in [0.15, 0.2) is 109 Å². The quantitative estimate of drug-likeness (QED) is 0.238. The summed E-state index contributed by atoms with van der Waals surface area (Å²) in [6.07, 6.45) is 0. The number of anilines is 4. The molecule has 0 fully saturated rings. The zero-order chi connectivity index (χ0) is 26.6. The third kappa shape index (κ3) is 3.66. The van der Waals surface area contributed by atoms with E-state index in [1.165, 1.54) is 5.56 Å². The van der Waals surface area contributed by atoms with Crippen LogP contribution in [0.5, 0.6) is 11.5 Å². The van der Waals surface area contributed by atoms with E-state index in [4.69, 9.17) is 9.47 Å². The van der Waals surface area contributed by atoms with Gasteiger partial charge in [0.1, 0.15) is 11.5 Å². The van der Waals surface area contributed by atoms with Crippen molar-refractivity contribution in [2.75, 3.05) is 10.6 Å². The first-order valence-corrected chi connectivity index (χ1v) is 13.0. The van der Waals surface area contributed by atoms with Crippen molar-refractivity contribution in [1.82, 2.24) is 0 Å². The van der Waals surface area contributed by atoms with Crippen molar-refractivity contribution < 1.29 is 14.3 Å². The average Bonchev–Trinajstić information content (AvgIpc) is 3.24.